The summed E-state index contributed by atoms with van der Waals surface area (Å²) < 4.78 is 14.1. The Kier molecular flexibility index (Phi) is 8.99. The van der Waals surface area contributed by atoms with Crippen LogP contribution in [0.3, 0.4) is 0 Å². The van der Waals surface area contributed by atoms with Crippen molar-refractivity contribution in [2.75, 3.05) is 0 Å². The van der Waals surface area contributed by atoms with E-state index in [0.717, 1.165) is 59.2 Å². The number of carboxylic acid groups (broad SMARTS) is 3. The number of ether oxygens (including phenoxy) is 3. The van der Waals surface area contributed by atoms with E-state index in [4.69, 9.17) is 9.84 Å². The molecule has 0 unspecified atom stereocenters. The highest BCUT2D eigenvalue weighted by Gasteiger charge is 2.39. The minimum atomic E-state index is -1.82. The second kappa shape index (κ2) is 13.2. The molecule has 0 bridgehead atoms. The number of benzene rings is 4. The smallest absolute Gasteiger partial charge is 0.449 e. The molecule has 0 saturated carbocycles. The first-order valence-electron chi connectivity index (χ1n) is 14.0. The predicted octanol–water partition coefficient (Wildman–Crippen LogP) is 6.65. The van der Waals surface area contributed by atoms with Crippen molar-refractivity contribution >= 4 is 24.4 Å². The Labute approximate surface area is 257 Å². The Hall–Kier alpha value is -5.84. The fourth-order valence-corrected chi connectivity index (χ4v) is 5.84. The van der Waals surface area contributed by atoms with Gasteiger partial charge >= 0.3 is 18.5 Å². The molecule has 4 aromatic carbocycles. The first-order valence-corrected chi connectivity index (χ1v) is 14.0. The summed E-state index contributed by atoms with van der Waals surface area (Å²) in [5, 5.41) is 30.8. The van der Waals surface area contributed by atoms with E-state index in [9.17, 15) is 29.4 Å². The maximum atomic E-state index is 14.1. The van der Waals surface area contributed by atoms with Gasteiger partial charge < -0.3 is 34.8 Å². The van der Waals surface area contributed by atoms with E-state index in [-0.39, 0.29) is 0 Å². The van der Waals surface area contributed by atoms with Gasteiger partial charge in [-0.3, -0.25) is 4.79 Å². The molecule has 4 N–H and O–H groups in total. The summed E-state index contributed by atoms with van der Waals surface area (Å²) in [4.78, 5) is 48.1. The molecule has 0 saturated heterocycles. The lowest BCUT2D eigenvalue weighted by Crippen LogP contribution is -2.49. The number of carbonyl (C=O) groups is 4. The molecule has 45 heavy (non-hydrogen) atoms. The van der Waals surface area contributed by atoms with Crippen molar-refractivity contribution in [2.24, 2.45) is 0 Å². The van der Waals surface area contributed by atoms with Gasteiger partial charge in [-0.2, -0.15) is 0 Å². The average molecular weight is 612 g/mol. The number of carbonyl (C=O) groups excluding carboxylic acids is 1. The van der Waals surface area contributed by atoms with E-state index >= 15 is 0 Å². The van der Waals surface area contributed by atoms with E-state index < -0.39 is 52.7 Å². The van der Waals surface area contributed by atoms with Gasteiger partial charge in [0.05, 0.1) is 11.1 Å². The summed E-state index contributed by atoms with van der Waals surface area (Å²) in [6.07, 6.45) is -2.21. The number of amides is 1. The molecule has 0 aromatic heterocycles. The number of hydrogen-bond donors (Lipinski definition) is 4. The Bertz CT molecular complexity index is 1750. The molecule has 1 aliphatic carbocycles. The zero-order valence-electron chi connectivity index (χ0n) is 23.9. The molecule has 0 spiro atoms. The normalized spacial score (nSPS) is 15.3. The van der Waals surface area contributed by atoms with E-state index in [1.165, 1.54) is 0 Å². The lowest BCUT2D eigenvalue weighted by molar-refractivity contribution is 0.0878. The zero-order chi connectivity index (χ0) is 32.0. The highest BCUT2D eigenvalue weighted by atomic mass is 16.7. The van der Waals surface area contributed by atoms with Gasteiger partial charge in [0.25, 0.3) is 5.91 Å². The molecule has 1 atom stereocenters. The number of aryl methyl sites for hydroxylation is 1. The van der Waals surface area contributed by atoms with Crippen LogP contribution in [0.2, 0.25) is 0 Å². The lowest BCUT2D eigenvalue weighted by atomic mass is 9.73. The number of hydrogen-bond acceptors (Lipinski definition) is 7. The lowest BCUT2D eigenvalue weighted by Gasteiger charge is -2.40. The van der Waals surface area contributed by atoms with Crippen molar-refractivity contribution in [3.63, 3.8) is 0 Å². The number of fused-ring (bicyclic) bond motifs is 1. The highest BCUT2D eigenvalue weighted by molar-refractivity contribution is 5.99. The zero-order valence-corrected chi connectivity index (χ0v) is 23.9. The molecule has 11 nitrogen and oxygen atoms in total. The largest absolute Gasteiger partial charge is 0.511 e. The van der Waals surface area contributed by atoms with Crippen molar-refractivity contribution in [1.29, 1.82) is 0 Å². The minimum absolute atomic E-state index is 0.395. The van der Waals surface area contributed by atoms with Crippen LogP contribution < -0.4 is 19.5 Å². The molecule has 1 aliphatic rings. The maximum Gasteiger partial charge on any atom is 0.511 e. The maximum absolute atomic E-state index is 14.1. The molecule has 0 heterocycles. The summed E-state index contributed by atoms with van der Waals surface area (Å²) in [5.74, 6) is -2.68. The van der Waals surface area contributed by atoms with Gasteiger partial charge in [-0.1, -0.05) is 78.9 Å². The van der Waals surface area contributed by atoms with Gasteiger partial charge in [-0.05, 0) is 59.9 Å². The van der Waals surface area contributed by atoms with Gasteiger partial charge in [0.15, 0.2) is 17.2 Å². The molecule has 0 aliphatic heterocycles. The van der Waals surface area contributed by atoms with Crippen LogP contribution in [0.25, 0.3) is 0 Å². The van der Waals surface area contributed by atoms with Gasteiger partial charge in [0.2, 0.25) is 0 Å². The SMILES string of the molecule is O=C(O)Oc1cc(OC(=O)O)c(C(=O)N[C@]2(Cc3cccc(Cc4ccccc4)c3)CCCc3ccccc32)cc1OC(=O)O. The Morgan fingerprint density at radius 3 is 1.98 bits per heavy atom. The third kappa shape index (κ3) is 7.39. The molecule has 4 aromatic rings. The highest BCUT2D eigenvalue weighted by Crippen LogP contribution is 2.40. The van der Waals surface area contributed by atoms with Gasteiger partial charge in [0.1, 0.15) is 0 Å². The monoisotopic (exact) mass is 611 g/mol. The first kappa shape index (κ1) is 30.6. The fourth-order valence-electron chi connectivity index (χ4n) is 5.84. The predicted molar refractivity (Wildman–Crippen MR) is 160 cm³/mol. The summed E-state index contributed by atoms with van der Waals surface area (Å²) >= 11 is 0. The number of nitrogens with one attached hydrogen (secondary N) is 1. The van der Waals surface area contributed by atoms with Gasteiger partial charge in [-0.25, -0.2) is 14.4 Å². The van der Waals surface area contributed by atoms with Crippen molar-refractivity contribution < 1.29 is 48.7 Å². The third-order valence-corrected chi connectivity index (χ3v) is 7.57. The van der Waals surface area contributed by atoms with Crippen LogP contribution in [-0.2, 0) is 24.8 Å². The van der Waals surface area contributed by atoms with Crippen LogP contribution in [0.4, 0.5) is 14.4 Å². The van der Waals surface area contributed by atoms with Crippen molar-refractivity contribution in [3.05, 3.63) is 124 Å². The quantitative estimate of drug-likeness (QED) is 0.119. The topological polar surface area (TPSA) is 169 Å². The van der Waals surface area contributed by atoms with E-state index in [0.29, 0.717) is 12.8 Å². The van der Waals surface area contributed by atoms with Crippen LogP contribution in [0.1, 0.15) is 51.0 Å². The van der Waals surface area contributed by atoms with Gasteiger partial charge in [0, 0.05) is 12.1 Å². The summed E-state index contributed by atoms with van der Waals surface area (Å²) in [6, 6.07) is 27.5. The minimum Gasteiger partial charge on any atom is -0.449 e. The molecule has 0 fully saturated rings. The third-order valence-electron chi connectivity index (χ3n) is 7.57. The Morgan fingerprint density at radius 2 is 1.27 bits per heavy atom. The van der Waals surface area contributed by atoms with Crippen LogP contribution in [0, 0.1) is 0 Å². The first-order chi connectivity index (χ1) is 21.6. The molecule has 0 radical (unpaired) electrons. The standard InChI is InChI=1S/C34H29NO10/c36-30(25-18-28(44-32(39)40)29(45-33(41)42)19-27(25)43-31(37)38)35-34(15-7-13-24-12-4-5-14-26(24)34)20-23-11-6-10-22(17-23)16-21-8-2-1-3-9-21/h1-6,8-12,14,17-19H,7,13,15-16,20H2,(H,35,36)(H,37,38)(H,39,40)(H,41,42)/t34-/m0/s1. The fraction of sp³-hybridized carbons (Fsp3) is 0.176. The molecular formula is C34H29NO10. The van der Waals surface area contributed by atoms with Crippen LogP contribution in [-0.4, -0.2) is 39.7 Å². The summed E-state index contributed by atoms with van der Waals surface area (Å²) in [6.45, 7) is 0. The summed E-state index contributed by atoms with van der Waals surface area (Å²) in [7, 11) is 0. The summed E-state index contributed by atoms with van der Waals surface area (Å²) in [5.41, 5.74) is 3.81. The van der Waals surface area contributed by atoms with Crippen LogP contribution in [0.15, 0.2) is 91.0 Å². The molecule has 11 heteroatoms. The van der Waals surface area contributed by atoms with Crippen molar-refractivity contribution in [2.45, 2.75) is 37.6 Å². The van der Waals surface area contributed by atoms with Crippen LogP contribution in [0.5, 0.6) is 17.2 Å². The average Bonchev–Trinajstić information content (AvgIpc) is 2.98. The second-order valence-corrected chi connectivity index (χ2v) is 10.6. The van der Waals surface area contributed by atoms with E-state index in [2.05, 4.69) is 33.0 Å². The van der Waals surface area contributed by atoms with Crippen molar-refractivity contribution in [3.8, 4) is 17.2 Å². The van der Waals surface area contributed by atoms with E-state index in [1.807, 2.05) is 60.7 Å². The molecule has 1 amide bonds. The van der Waals surface area contributed by atoms with Crippen molar-refractivity contribution in [1.82, 2.24) is 5.32 Å². The van der Waals surface area contributed by atoms with Crippen LogP contribution >= 0.6 is 0 Å². The molecule has 230 valence electrons. The number of rotatable bonds is 9. The molecule has 5 rings (SSSR count). The Morgan fingerprint density at radius 1 is 0.667 bits per heavy atom. The van der Waals surface area contributed by atoms with E-state index in [1.54, 1.807) is 0 Å². The second-order valence-electron chi connectivity index (χ2n) is 10.6. The van der Waals surface area contributed by atoms with Gasteiger partial charge in [-0.15, -0.1) is 0 Å². The molecular weight excluding hydrogens is 582 g/mol. The Balaban J connectivity index is 1.56.